The first-order valence-electron chi connectivity index (χ1n) is 7.03. The molecule has 0 heterocycles. The molecule has 0 aliphatic rings. The summed E-state index contributed by atoms with van der Waals surface area (Å²) in [6, 6.07) is 9.04. The van der Waals surface area contributed by atoms with Crippen molar-refractivity contribution in [3.63, 3.8) is 0 Å². The summed E-state index contributed by atoms with van der Waals surface area (Å²) < 4.78 is 14.9. The summed E-state index contributed by atoms with van der Waals surface area (Å²) in [5.74, 6) is 0. The van der Waals surface area contributed by atoms with Gasteiger partial charge >= 0.3 is 0 Å². The number of aliphatic hydroxyl groups is 1. The van der Waals surface area contributed by atoms with Crippen molar-refractivity contribution < 1.29 is 9.50 Å². The van der Waals surface area contributed by atoms with Gasteiger partial charge in [0.25, 0.3) is 0 Å². The number of halogens is 1. The minimum atomic E-state index is -1.60. The molecular formula is C16H25FO. The third-order valence-electron chi connectivity index (χ3n) is 3.56. The van der Waals surface area contributed by atoms with Crippen LogP contribution in [0.1, 0.15) is 57.9 Å². The summed E-state index contributed by atoms with van der Waals surface area (Å²) in [7, 11) is 0. The fourth-order valence-corrected chi connectivity index (χ4v) is 2.30. The summed E-state index contributed by atoms with van der Waals surface area (Å²) in [5.41, 5.74) is -1.01. The van der Waals surface area contributed by atoms with Crippen molar-refractivity contribution in [1.82, 2.24) is 0 Å². The monoisotopic (exact) mass is 252 g/mol. The second-order valence-corrected chi connectivity index (χ2v) is 5.07. The van der Waals surface area contributed by atoms with E-state index in [1.54, 1.807) is 19.1 Å². The normalized spacial score (nSPS) is 16.2. The van der Waals surface area contributed by atoms with Gasteiger partial charge in [0.2, 0.25) is 0 Å². The van der Waals surface area contributed by atoms with Gasteiger partial charge in [0.15, 0.2) is 5.67 Å². The number of aliphatic hydroxyl groups excluding tert-OH is 1. The smallest absolute Gasteiger partial charge is 0.161 e. The number of hydrogen-bond donors (Lipinski definition) is 1. The molecule has 1 aromatic rings. The predicted octanol–water partition coefficient (Wildman–Crippen LogP) is 4.59. The number of alkyl halides is 1. The van der Waals surface area contributed by atoms with Gasteiger partial charge in [0.05, 0.1) is 6.10 Å². The van der Waals surface area contributed by atoms with Crippen LogP contribution in [-0.2, 0) is 5.67 Å². The molecular weight excluding hydrogens is 227 g/mol. The highest BCUT2D eigenvalue weighted by atomic mass is 19.1. The molecule has 1 rings (SSSR count). The van der Waals surface area contributed by atoms with Crippen LogP contribution >= 0.6 is 0 Å². The summed E-state index contributed by atoms with van der Waals surface area (Å²) in [5, 5.41) is 9.75. The van der Waals surface area contributed by atoms with Crippen molar-refractivity contribution in [1.29, 1.82) is 0 Å². The lowest BCUT2D eigenvalue weighted by molar-refractivity contribution is -0.00950. The maximum absolute atomic E-state index is 14.9. The lowest BCUT2D eigenvalue weighted by Crippen LogP contribution is -2.33. The third-order valence-corrected chi connectivity index (χ3v) is 3.56. The summed E-state index contributed by atoms with van der Waals surface area (Å²) in [4.78, 5) is 0. The van der Waals surface area contributed by atoms with Crippen molar-refractivity contribution >= 4 is 0 Å². The predicted molar refractivity (Wildman–Crippen MR) is 74.3 cm³/mol. The number of hydrogen-bond acceptors (Lipinski definition) is 1. The minimum absolute atomic E-state index is 0.401. The first-order chi connectivity index (χ1) is 8.61. The van der Waals surface area contributed by atoms with Crippen LogP contribution in [-0.4, -0.2) is 11.2 Å². The Bertz CT molecular complexity index is 323. The fraction of sp³-hybridized carbons (Fsp3) is 0.625. The SMILES string of the molecule is CCCCCCCC(F)(c1ccccc1)C(C)O. The Kier molecular flexibility index (Phi) is 6.34. The van der Waals surface area contributed by atoms with Crippen molar-refractivity contribution in [2.24, 2.45) is 0 Å². The van der Waals surface area contributed by atoms with E-state index in [1.165, 1.54) is 12.8 Å². The largest absolute Gasteiger partial charge is 0.390 e. The average Bonchev–Trinajstić information content (AvgIpc) is 2.39. The van der Waals surface area contributed by atoms with E-state index in [4.69, 9.17) is 0 Å². The molecule has 0 amide bonds. The van der Waals surface area contributed by atoms with Crippen LogP contribution in [0.3, 0.4) is 0 Å². The Balaban J connectivity index is 2.59. The lowest BCUT2D eigenvalue weighted by Gasteiger charge is -2.29. The molecule has 0 aliphatic heterocycles. The highest BCUT2D eigenvalue weighted by Gasteiger charge is 2.36. The summed E-state index contributed by atoms with van der Waals surface area (Å²) in [6.07, 6.45) is 4.86. The van der Waals surface area contributed by atoms with Gasteiger partial charge in [-0.15, -0.1) is 0 Å². The molecule has 18 heavy (non-hydrogen) atoms. The Hall–Kier alpha value is -0.890. The standard InChI is InChI=1S/C16H25FO/c1-3-4-5-6-10-13-16(17,14(2)18)15-11-8-7-9-12-15/h7-9,11-12,14,18H,3-6,10,13H2,1-2H3. The molecule has 0 saturated heterocycles. The van der Waals surface area contributed by atoms with Crippen molar-refractivity contribution in [3.8, 4) is 0 Å². The molecule has 1 nitrogen and oxygen atoms in total. The third kappa shape index (κ3) is 4.09. The van der Waals surface area contributed by atoms with E-state index < -0.39 is 11.8 Å². The molecule has 2 heteroatoms. The maximum atomic E-state index is 14.9. The molecule has 1 N–H and O–H groups in total. The molecule has 1 aromatic carbocycles. The summed E-state index contributed by atoms with van der Waals surface area (Å²) >= 11 is 0. The zero-order valence-corrected chi connectivity index (χ0v) is 11.5. The Morgan fingerprint density at radius 1 is 1.11 bits per heavy atom. The zero-order chi connectivity index (χ0) is 13.4. The number of rotatable bonds is 8. The second-order valence-electron chi connectivity index (χ2n) is 5.07. The topological polar surface area (TPSA) is 20.2 Å². The van der Waals surface area contributed by atoms with Crippen molar-refractivity contribution in [3.05, 3.63) is 35.9 Å². The molecule has 0 radical (unpaired) electrons. The first-order valence-corrected chi connectivity index (χ1v) is 7.03. The quantitative estimate of drug-likeness (QED) is 0.671. The van der Waals surface area contributed by atoms with Crippen molar-refractivity contribution in [2.45, 2.75) is 64.1 Å². The molecule has 0 aromatic heterocycles. The van der Waals surface area contributed by atoms with Gasteiger partial charge in [0.1, 0.15) is 0 Å². The van der Waals surface area contributed by atoms with Gasteiger partial charge in [-0.3, -0.25) is 0 Å². The fourth-order valence-electron chi connectivity index (χ4n) is 2.30. The van der Waals surface area contributed by atoms with Gasteiger partial charge in [-0.25, -0.2) is 4.39 Å². The van der Waals surface area contributed by atoms with Gasteiger partial charge in [-0.2, -0.15) is 0 Å². The van der Waals surface area contributed by atoms with Crippen LogP contribution in [0.4, 0.5) is 4.39 Å². The highest BCUT2D eigenvalue weighted by Crippen LogP contribution is 2.35. The van der Waals surface area contributed by atoms with Crippen molar-refractivity contribution in [2.75, 3.05) is 0 Å². The van der Waals surface area contributed by atoms with Crippen LogP contribution in [0.15, 0.2) is 30.3 Å². The Labute approximate surface area is 110 Å². The van der Waals surface area contributed by atoms with Gasteiger partial charge in [-0.05, 0) is 25.3 Å². The van der Waals surface area contributed by atoms with E-state index in [2.05, 4.69) is 6.92 Å². The van der Waals surface area contributed by atoms with Crippen LogP contribution < -0.4 is 0 Å². The number of benzene rings is 1. The molecule has 0 fully saturated rings. The van der Waals surface area contributed by atoms with E-state index >= 15 is 0 Å². The minimum Gasteiger partial charge on any atom is -0.390 e. The van der Waals surface area contributed by atoms with Crippen LogP contribution in [0, 0.1) is 0 Å². The van der Waals surface area contributed by atoms with Gasteiger partial charge < -0.3 is 5.11 Å². The first kappa shape index (κ1) is 15.2. The maximum Gasteiger partial charge on any atom is 0.161 e. The molecule has 2 unspecified atom stereocenters. The molecule has 0 aliphatic carbocycles. The second kappa shape index (κ2) is 7.52. The molecule has 0 spiro atoms. The van der Waals surface area contributed by atoms with E-state index in [9.17, 15) is 9.50 Å². The Morgan fingerprint density at radius 2 is 1.72 bits per heavy atom. The average molecular weight is 252 g/mol. The van der Waals surface area contributed by atoms with Crippen LogP contribution in [0.5, 0.6) is 0 Å². The van der Waals surface area contributed by atoms with E-state index in [-0.39, 0.29) is 0 Å². The van der Waals surface area contributed by atoms with Crippen LogP contribution in [0.2, 0.25) is 0 Å². The van der Waals surface area contributed by atoms with Gasteiger partial charge in [0, 0.05) is 0 Å². The lowest BCUT2D eigenvalue weighted by atomic mass is 9.85. The van der Waals surface area contributed by atoms with E-state index in [1.807, 2.05) is 18.2 Å². The molecule has 0 saturated carbocycles. The molecule has 102 valence electrons. The molecule has 2 atom stereocenters. The highest BCUT2D eigenvalue weighted by molar-refractivity contribution is 5.23. The molecule has 0 bridgehead atoms. The van der Waals surface area contributed by atoms with E-state index in [0.29, 0.717) is 12.0 Å². The number of unbranched alkanes of at least 4 members (excludes halogenated alkanes) is 4. The van der Waals surface area contributed by atoms with Crippen LogP contribution in [0.25, 0.3) is 0 Å². The zero-order valence-electron chi connectivity index (χ0n) is 11.5. The summed E-state index contributed by atoms with van der Waals surface area (Å²) in [6.45, 7) is 3.71. The van der Waals surface area contributed by atoms with E-state index in [0.717, 1.165) is 19.3 Å². The van der Waals surface area contributed by atoms with Gasteiger partial charge in [-0.1, -0.05) is 62.9 Å². The Morgan fingerprint density at radius 3 is 2.28 bits per heavy atom.